The number of amides is 1. The van der Waals surface area contributed by atoms with Gasteiger partial charge >= 0.3 is 0 Å². The maximum atomic E-state index is 12.5. The van der Waals surface area contributed by atoms with Crippen LogP contribution >= 0.6 is 11.6 Å². The van der Waals surface area contributed by atoms with E-state index in [4.69, 9.17) is 17.3 Å². The highest BCUT2D eigenvalue weighted by atomic mass is 35.5. The fourth-order valence-electron chi connectivity index (χ4n) is 2.82. The first-order chi connectivity index (χ1) is 9.00. The Morgan fingerprint density at radius 1 is 1.42 bits per heavy atom. The number of anilines is 1. The lowest BCUT2D eigenvalue weighted by Gasteiger charge is -2.34. The van der Waals surface area contributed by atoms with E-state index in [9.17, 15) is 4.79 Å². The van der Waals surface area contributed by atoms with Crippen LogP contribution in [0.2, 0.25) is 5.02 Å². The summed E-state index contributed by atoms with van der Waals surface area (Å²) in [6.45, 7) is 2.25. The number of hydrogen-bond donors (Lipinski definition) is 1. The van der Waals surface area contributed by atoms with Crippen molar-refractivity contribution in [2.24, 2.45) is 5.92 Å². The highest BCUT2D eigenvalue weighted by Crippen LogP contribution is 2.29. The molecular weight excluding hydrogens is 260 g/mol. The van der Waals surface area contributed by atoms with Crippen molar-refractivity contribution >= 4 is 23.2 Å². The third kappa shape index (κ3) is 3.03. The Balaban J connectivity index is 2.16. The highest BCUT2D eigenvalue weighted by molar-refractivity contribution is 6.36. The van der Waals surface area contributed by atoms with E-state index >= 15 is 0 Å². The maximum Gasteiger partial charge on any atom is 0.255 e. The van der Waals surface area contributed by atoms with Gasteiger partial charge in [-0.15, -0.1) is 0 Å². The molecule has 1 aliphatic rings. The summed E-state index contributed by atoms with van der Waals surface area (Å²) in [7, 11) is 1.87. The lowest BCUT2D eigenvalue weighted by molar-refractivity contribution is 0.0672. The normalized spacial score (nSPS) is 23.1. The van der Waals surface area contributed by atoms with Gasteiger partial charge in [-0.25, -0.2) is 0 Å². The van der Waals surface area contributed by atoms with E-state index in [1.165, 1.54) is 12.8 Å². The van der Waals surface area contributed by atoms with E-state index < -0.39 is 0 Å². The van der Waals surface area contributed by atoms with E-state index in [2.05, 4.69) is 6.92 Å². The van der Waals surface area contributed by atoms with Crippen molar-refractivity contribution in [1.82, 2.24) is 4.90 Å². The van der Waals surface area contributed by atoms with Crippen LogP contribution in [-0.4, -0.2) is 23.9 Å². The fourth-order valence-corrected chi connectivity index (χ4v) is 3.03. The number of nitrogen functional groups attached to an aromatic ring is 1. The van der Waals surface area contributed by atoms with Gasteiger partial charge in [-0.05, 0) is 30.9 Å². The Kier molecular flexibility index (Phi) is 4.35. The summed E-state index contributed by atoms with van der Waals surface area (Å²) in [5.41, 5.74) is 6.72. The zero-order valence-electron chi connectivity index (χ0n) is 11.5. The van der Waals surface area contributed by atoms with E-state index in [-0.39, 0.29) is 5.91 Å². The molecule has 1 aromatic rings. The molecule has 0 heterocycles. The predicted molar refractivity (Wildman–Crippen MR) is 79.4 cm³/mol. The molecule has 0 bridgehead atoms. The Labute approximate surface area is 119 Å². The zero-order chi connectivity index (χ0) is 14.0. The van der Waals surface area contributed by atoms with Crippen LogP contribution in [0, 0.1) is 5.92 Å². The molecule has 0 radical (unpaired) electrons. The van der Waals surface area contributed by atoms with Crippen LogP contribution in [0.5, 0.6) is 0 Å². The molecule has 2 rings (SSSR count). The SMILES string of the molecule is CC1CCCC(N(C)C(=O)c2cccc(N)c2Cl)C1. The molecule has 3 nitrogen and oxygen atoms in total. The molecule has 0 saturated heterocycles. The lowest BCUT2D eigenvalue weighted by Crippen LogP contribution is -2.40. The molecule has 0 spiro atoms. The number of rotatable bonds is 2. The van der Waals surface area contributed by atoms with Gasteiger partial charge in [0.1, 0.15) is 0 Å². The molecule has 1 fully saturated rings. The van der Waals surface area contributed by atoms with Gasteiger partial charge in [0.05, 0.1) is 16.3 Å². The van der Waals surface area contributed by atoms with Gasteiger partial charge in [-0.1, -0.05) is 37.4 Å². The summed E-state index contributed by atoms with van der Waals surface area (Å²) >= 11 is 6.13. The lowest BCUT2D eigenvalue weighted by atomic mass is 9.86. The first kappa shape index (κ1) is 14.2. The quantitative estimate of drug-likeness (QED) is 0.842. The second-order valence-corrected chi connectivity index (χ2v) is 5.93. The molecule has 1 aliphatic carbocycles. The van der Waals surface area contributed by atoms with E-state index in [1.807, 2.05) is 11.9 Å². The molecule has 2 N–H and O–H groups in total. The third-order valence-corrected chi connectivity index (χ3v) is 4.46. The van der Waals surface area contributed by atoms with Crippen LogP contribution in [0.1, 0.15) is 43.0 Å². The molecule has 1 amide bonds. The molecule has 104 valence electrons. The Hall–Kier alpha value is -1.22. The molecule has 0 aliphatic heterocycles. The molecule has 19 heavy (non-hydrogen) atoms. The van der Waals surface area contributed by atoms with Crippen molar-refractivity contribution in [1.29, 1.82) is 0 Å². The van der Waals surface area contributed by atoms with Crippen LogP contribution in [0.3, 0.4) is 0 Å². The van der Waals surface area contributed by atoms with E-state index in [0.717, 1.165) is 12.8 Å². The van der Waals surface area contributed by atoms with Gasteiger partial charge in [-0.3, -0.25) is 4.79 Å². The van der Waals surface area contributed by atoms with Gasteiger partial charge in [-0.2, -0.15) is 0 Å². The highest BCUT2D eigenvalue weighted by Gasteiger charge is 2.27. The fraction of sp³-hybridized carbons (Fsp3) is 0.533. The van der Waals surface area contributed by atoms with E-state index in [0.29, 0.717) is 28.2 Å². The van der Waals surface area contributed by atoms with Gasteiger partial charge in [0.25, 0.3) is 5.91 Å². The average molecular weight is 281 g/mol. The van der Waals surface area contributed by atoms with Crippen molar-refractivity contribution in [3.63, 3.8) is 0 Å². The minimum Gasteiger partial charge on any atom is -0.398 e. The van der Waals surface area contributed by atoms with Gasteiger partial charge in [0.15, 0.2) is 0 Å². The summed E-state index contributed by atoms with van der Waals surface area (Å²) < 4.78 is 0. The molecule has 1 aromatic carbocycles. The topological polar surface area (TPSA) is 46.3 Å². The van der Waals surface area contributed by atoms with E-state index in [1.54, 1.807) is 18.2 Å². The standard InChI is InChI=1S/C15H21ClN2O/c1-10-5-3-6-11(9-10)18(2)15(19)12-7-4-8-13(17)14(12)16/h4,7-8,10-11H,3,5-6,9,17H2,1-2H3. The van der Waals surface area contributed by atoms with Gasteiger partial charge in [0, 0.05) is 13.1 Å². The minimum atomic E-state index is -0.0311. The van der Waals surface area contributed by atoms with Crippen LogP contribution in [0.25, 0.3) is 0 Å². The van der Waals surface area contributed by atoms with Crippen LogP contribution in [0.4, 0.5) is 5.69 Å². The Morgan fingerprint density at radius 2 is 2.16 bits per heavy atom. The third-order valence-electron chi connectivity index (χ3n) is 4.04. The number of carbonyl (C=O) groups excluding carboxylic acids is 1. The Bertz CT molecular complexity index is 475. The second-order valence-electron chi connectivity index (χ2n) is 5.55. The number of nitrogens with two attached hydrogens (primary N) is 1. The molecule has 0 aromatic heterocycles. The first-order valence-corrected chi connectivity index (χ1v) is 7.19. The summed E-state index contributed by atoms with van der Waals surface area (Å²) in [6, 6.07) is 5.53. The van der Waals surface area contributed by atoms with Crippen molar-refractivity contribution in [2.45, 2.75) is 38.6 Å². The predicted octanol–water partition coefficient (Wildman–Crippen LogP) is 3.57. The van der Waals surface area contributed by atoms with Gasteiger partial charge < -0.3 is 10.6 Å². The summed E-state index contributed by atoms with van der Waals surface area (Å²) in [6.07, 6.45) is 4.60. The largest absolute Gasteiger partial charge is 0.398 e. The Morgan fingerprint density at radius 3 is 2.84 bits per heavy atom. The average Bonchev–Trinajstić information content (AvgIpc) is 2.40. The monoisotopic (exact) mass is 280 g/mol. The first-order valence-electron chi connectivity index (χ1n) is 6.82. The van der Waals surface area contributed by atoms with Gasteiger partial charge in [0.2, 0.25) is 0 Å². The second kappa shape index (κ2) is 5.83. The molecule has 2 unspecified atom stereocenters. The van der Waals surface area contributed by atoms with Crippen LogP contribution in [-0.2, 0) is 0 Å². The summed E-state index contributed by atoms with van der Waals surface area (Å²) in [4.78, 5) is 14.3. The van der Waals surface area contributed by atoms with Crippen molar-refractivity contribution in [2.75, 3.05) is 12.8 Å². The van der Waals surface area contributed by atoms with Crippen molar-refractivity contribution in [3.05, 3.63) is 28.8 Å². The van der Waals surface area contributed by atoms with Crippen LogP contribution < -0.4 is 5.73 Å². The minimum absolute atomic E-state index is 0.0311. The number of benzene rings is 1. The maximum absolute atomic E-state index is 12.5. The summed E-state index contributed by atoms with van der Waals surface area (Å²) in [5.74, 6) is 0.654. The number of halogens is 1. The van der Waals surface area contributed by atoms with Crippen molar-refractivity contribution < 1.29 is 4.79 Å². The number of nitrogens with zero attached hydrogens (tertiary/aromatic N) is 1. The van der Waals surface area contributed by atoms with Crippen molar-refractivity contribution in [3.8, 4) is 0 Å². The smallest absolute Gasteiger partial charge is 0.255 e. The van der Waals surface area contributed by atoms with Crippen LogP contribution in [0.15, 0.2) is 18.2 Å². The molecular formula is C15H21ClN2O. The molecule has 1 saturated carbocycles. The number of hydrogen-bond acceptors (Lipinski definition) is 2. The zero-order valence-corrected chi connectivity index (χ0v) is 12.3. The number of carbonyl (C=O) groups is 1. The molecule has 2 atom stereocenters. The molecule has 4 heteroatoms. The summed E-state index contributed by atoms with van der Waals surface area (Å²) in [5, 5.41) is 0.364.